The molecule has 2 heterocycles. The first-order valence-corrected chi connectivity index (χ1v) is 4.01. The molecule has 1 aliphatic rings. The third-order valence-electron chi connectivity index (χ3n) is 2.12. The van der Waals surface area contributed by atoms with Gasteiger partial charge in [0.05, 0.1) is 6.04 Å². The maximum atomic E-state index is 4.12. The van der Waals surface area contributed by atoms with Gasteiger partial charge in [-0.3, -0.25) is 0 Å². The van der Waals surface area contributed by atoms with E-state index < -0.39 is 0 Å². The number of hydrogen-bond donors (Lipinski definition) is 1. The predicted molar refractivity (Wildman–Crippen MR) is 55.7 cm³/mol. The summed E-state index contributed by atoms with van der Waals surface area (Å²) in [6, 6.07) is 0.568. The van der Waals surface area contributed by atoms with E-state index in [4.69, 9.17) is 0 Å². The second-order valence-electron chi connectivity index (χ2n) is 2.86. The minimum Gasteiger partial charge on any atom is -0.317 e. The van der Waals surface area contributed by atoms with E-state index in [1.165, 1.54) is 12.8 Å². The van der Waals surface area contributed by atoms with Crippen LogP contribution in [0.5, 0.6) is 0 Å². The van der Waals surface area contributed by atoms with Crippen molar-refractivity contribution in [3.05, 3.63) is 12.7 Å². The van der Waals surface area contributed by atoms with Crippen molar-refractivity contribution in [2.45, 2.75) is 18.9 Å². The Morgan fingerprint density at radius 3 is 2.46 bits per heavy atom. The predicted octanol–water partition coefficient (Wildman–Crippen LogP) is 1.05. The van der Waals surface area contributed by atoms with Crippen LogP contribution in [0.15, 0.2) is 12.7 Å². The van der Waals surface area contributed by atoms with E-state index in [9.17, 15) is 0 Å². The highest BCUT2D eigenvalue weighted by molar-refractivity contribution is 5.85. The fourth-order valence-corrected chi connectivity index (χ4v) is 1.48. The molecule has 0 aromatic carbocycles. The topological polar surface area (TPSA) is 42.7 Å². The molecule has 1 aromatic rings. The monoisotopic (exact) mass is 224 g/mol. The van der Waals surface area contributed by atoms with E-state index in [2.05, 4.69) is 15.4 Å². The van der Waals surface area contributed by atoms with Crippen molar-refractivity contribution in [2.24, 2.45) is 0 Å². The molecule has 1 saturated heterocycles. The second kappa shape index (κ2) is 6.18. The van der Waals surface area contributed by atoms with Crippen molar-refractivity contribution in [1.29, 1.82) is 0 Å². The Morgan fingerprint density at radius 1 is 1.23 bits per heavy atom. The molecule has 0 aliphatic carbocycles. The molecule has 2 rings (SSSR count). The first-order valence-electron chi connectivity index (χ1n) is 4.01. The highest BCUT2D eigenvalue weighted by Gasteiger charge is 2.14. The minimum atomic E-state index is 0. The van der Waals surface area contributed by atoms with Gasteiger partial charge in [-0.15, -0.1) is 24.8 Å². The van der Waals surface area contributed by atoms with Gasteiger partial charge in [0.1, 0.15) is 12.7 Å². The van der Waals surface area contributed by atoms with Gasteiger partial charge in [0.2, 0.25) is 0 Å². The molecule has 6 heteroatoms. The number of rotatable bonds is 1. The molecule has 0 amide bonds. The molecule has 4 nitrogen and oxygen atoms in total. The van der Waals surface area contributed by atoms with Crippen molar-refractivity contribution in [2.75, 3.05) is 13.1 Å². The van der Waals surface area contributed by atoms with E-state index >= 15 is 0 Å². The fourth-order valence-electron chi connectivity index (χ4n) is 1.48. The van der Waals surface area contributed by atoms with Crippen LogP contribution in [0.4, 0.5) is 0 Å². The van der Waals surface area contributed by atoms with E-state index in [1.807, 2.05) is 4.68 Å². The largest absolute Gasteiger partial charge is 0.317 e. The first-order chi connectivity index (χ1) is 5.47. The summed E-state index contributed by atoms with van der Waals surface area (Å²) < 4.78 is 1.96. The second-order valence-corrected chi connectivity index (χ2v) is 2.86. The molecule has 0 bridgehead atoms. The standard InChI is InChI=1S/C7H12N4.2ClH/c1-3-8-4-2-7(1)11-6-9-5-10-11;;/h5-8H,1-4H2;2*1H. The van der Waals surface area contributed by atoms with Gasteiger partial charge in [-0.2, -0.15) is 5.10 Å². The summed E-state index contributed by atoms with van der Waals surface area (Å²) in [5.74, 6) is 0. The molecule has 0 radical (unpaired) electrons. The van der Waals surface area contributed by atoms with Crippen LogP contribution in [-0.4, -0.2) is 27.9 Å². The highest BCUT2D eigenvalue weighted by atomic mass is 35.5. The molecule has 1 aromatic heterocycles. The van der Waals surface area contributed by atoms with E-state index in [-0.39, 0.29) is 24.8 Å². The van der Waals surface area contributed by atoms with Crippen molar-refractivity contribution in [1.82, 2.24) is 20.1 Å². The Balaban J connectivity index is 0.000000720. The molecule has 76 valence electrons. The van der Waals surface area contributed by atoms with Crippen LogP contribution < -0.4 is 5.32 Å². The summed E-state index contributed by atoms with van der Waals surface area (Å²) in [5, 5.41) is 7.43. The summed E-state index contributed by atoms with van der Waals surface area (Å²) in [7, 11) is 0. The van der Waals surface area contributed by atoms with Gasteiger partial charge in [-0.05, 0) is 25.9 Å². The van der Waals surface area contributed by atoms with Gasteiger partial charge < -0.3 is 5.32 Å². The summed E-state index contributed by atoms with van der Waals surface area (Å²) in [6.45, 7) is 2.20. The van der Waals surface area contributed by atoms with Gasteiger partial charge in [-0.25, -0.2) is 9.67 Å². The van der Waals surface area contributed by atoms with Gasteiger partial charge in [-0.1, -0.05) is 0 Å². The Hall–Kier alpha value is -0.320. The van der Waals surface area contributed by atoms with Crippen LogP contribution in [0.25, 0.3) is 0 Å². The van der Waals surface area contributed by atoms with Crippen LogP contribution >= 0.6 is 24.8 Å². The molecule has 0 atom stereocenters. The summed E-state index contributed by atoms with van der Waals surface area (Å²) >= 11 is 0. The number of hydrogen-bond acceptors (Lipinski definition) is 3. The molecule has 0 unspecified atom stereocenters. The van der Waals surface area contributed by atoms with Crippen molar-refractivity contribution < 1.29 is 0 Å². The maximum Gasteiger partial charge on any atom is 0.137 e. The van der Waals surface area contributed by atoms with Crippen molar-refractivity contribution >= 4 is 24.8 Å². The summed E-state index contributed by atoms with van der Waals surface area (Å²) in [5.41, 5.74) is 0. The van der Waals surface area contributed by atoms with Gasteiger partial charge >= 0.3 is 0 Å². The lowest BCUT2D eigenvalue weighted by Gasteiger charge is -2.22. The van der Waals surface area contributed by atoms with Crippen LogP contribution in [0.1, 0.15) is 18.9 Å². The van der Waals surface area contributed by atoms with E-state index in [1.54, 1.807) is 12.7 Å². The average molecular weight is 225 g/mol. The number of piperidine rings is 1. The summed E-state index contributed by atoms with van der Waals surface area (Å²) in [6.07, 6.45) is 5.74. The first kappa shape index (κ1) is 12.7. The van der Waals surface area contributed by atoms with Crippen LogP contribution in [0.3, 0.4) is 0 Å². The molecule has 0 spiro atoms. The van der Waals surface area contributed by atoms with Crippen LogP contribution in [0.2, 0.25) is 0 Å². The lowest BCUT2D eigenvalue weighted by molar-refractivity contribution is 0.342. The third kappa shape index (κ3) is 3.14. The van der Waals surface area contributed by atoms with Gasteiger partial charge in [0, 0.05) is 0 Å². The number of halogens is 2. The molecular formula is C7H14Cl2N4. The lowest BCUT2D eigenvalue weighted by atomic mass is 10.1. The third-order valence-corrected chi connectivity index (χ3v) is 2.12. The fraction of sp³-hybridized carbons (Fsp3) is 0.714. The highest BCUT2D eigenvalue weighted by Crippen LogP contribution is 2.15. The Labute approximate surface area is 89.9 Å². The molecule has 1 N–H and O–H groups in total. The quantitative estimate of drug-likeness (QED) is 0.776. The zero-order chi connectivity index (χ0) is 7.52. The van der Waals surface area contributed by atoms with Crippen LogP contribution in [-0.2, 0) is 0 Å². The smallest absolute Gasteiger partial charge is 0.137 e. The lowest BCUT2D eigenvalue weighted by Crippen LogP contribution is -2.29. The average Bonchev–Trinajstić information content (AvgIpc) is 2.58. The van der Waals surface area contributed by atoms with E-state index in [0.29, 0.717) is 6.04 Å². The molecule has 1 aliphatic heterocycles. The number of nitrogens with zero attached hydrogens (tertiary/aromatic N) is 3. The van der Waals surface area contributed by atoms with Crippen molar-refractivity contribution in [3.8, 4) is 0 Å². The Morgan fingerprint density at radius 2 is 1.92 bits per heavy atom. The Bertz CT molecular complexity index is 208. The number of nitrogens with one attached hydrogen (secondary N) is 1. The number of aromatic nitrogens is 3. The molecular weight excluding hydrogens is 211 g/mol. The zero-order valence-electron chi connectivity index (χ0n) is 7.22. The maximum absolute atomic E-state index is 4.12. The minimum absolute atomic E-state index is 0. The SMILES string of the molecule is Cl.Cl.c1ncn(C2CCNCC2)n1. The Kier molecular flexibility index (Phi) is 6.03. The van der Waals surface area contributed by atoms with E-state index in [0.717, 1.165) is 13.1 Å². The van der Waals surface area contributed by atoms with Crippen molar-refractivity contribution in [3.63, 3.8) is 0 Å². The zero-order valence-corrected chi connectivity index (χ0v) is 8.85. The normalized spacial score (nSPS) is 17.2. The van der Waals surface area contributed by atoms with Gasteiger partial charge in [0.25, 0.3) is 0 Å². The summed E-state index contributed by atoms with van der Waals surface area (Å²) in [4.78, 5) is 3.93. The van der Waals surface area contributed by atoms with Crippen LogP contribution in [0, 0.1) is 0 Å². The van der Waals surface area contributed by atoms with Gasteiger partial charge in [0.15, 0.2) is 0 Å². The molecule has 1 fully saturated rings. The molecule has 13 heavy (non-hydrogen) atoms. The molecule has 0 saturated carbocycles.